The molecule has 4 heteroatoms. The third kappa shape index (κ3) is 4.28. The highest BCUT2D eigenvalue weighted by Gasteiger charge is 2.15. The molecule has 4 nitrogen and oxygen atoms in total. The molecule has 0 aliphatic heterocycles. The Bertz CT molecular complexity index is 869. The zero-order valence-electron chi connectivity index (χ0n) is 14.8. The molecule has 3 rings (SSSR count). The fraction of sp³-hybridized carbons (Fsp3) is 0.182. The molecule has 1 atom stereocenters. The predicted octanol–water partition coefficient (Wildman–Crippen LogP) is 3.64. The molecule has 0 aliphatic rings. The molecule has 0 bridgehead atoms. The van der Waals surface area contributed by atoms with Gasteiger partial charge in [0.2, 0.25) is 11.7 Å². The lowest BCUT2D eigenvalue weighted by molar-refractivity contribution is -0.121. The van der Waals surface area contributed by atoms with Crippen molar-refractivity contribution in [1.82, 2.24) is 9.88 Å². The molecule has 0 aliphatic carbocycles. The van der Waals surface area contributed by atoms with Gasteiger partial charge in [-0.05, 0) is 23.6 Å². The summed E-state index contributed by atoms with van der Waals surface area (Å²) < 4.78 is 1.69. The molecular weight excluding hydrogens is 324 g/mol. The van der Waals surface area contributed by atoms with E-state index in [1.165, 1.54) is 5.56 Å². The average molecular weight is 346 g/mol. The minimum Gasteiger partial charge on any atom is -0.354 e. The van der Waals surface area contributed by atoms with Crippen LogP contribution in [0.15, 0.2) is 79.0 Å². The minimum atomic E-state index is -0.105. The molecule has 0 saturated carbocycles. The van der Waals surface area contributed by atoms with Crippen LogP contribution in [0.25, 0.3) is 0 Å². The molecule has 2 aromatic carbocycles. The lowest BCUT2D eigenvalue weighted by Gasteiger charge is -2.14. The molecule has 1 amide bonds. The van der Waals surface area contributed by atoms with Crippen LogP contribution in [0, 0.1) is 0 Å². The van der Waals surface area contributed by atoms with Crippen LogP contribution in [-0.4, -0.2) is 22.8 Å². The Kier molecular flexibility index (Phi) is 5.64. The number of ketones is 1. The smallest absolute Gasteiger partial charge is 0.239 e. The number of rotatable bonds is 7. The molecule has 1 aromatic heterocycles. The summed E-state index contributed by atoms with van der Waals surface area (Å²) in [7, 11) is 0. The van der Waals surface area contributed by atoms with E-state index in [4.69, 9.17) is 0 Å². The van der Waals surface area contributed by atoms with Gasteiger partial charge in [0, 0.05) is 18.3 Å². The first kappa shape index (κ1) is 17.7. The zero-order chi connectivity index (χ0) is 18.4. The van der Waals surface area contributed by atoms with Gasteiger partial charge in [-0.1, -0.05) is 67.6 Å². The van der Waals surface area contributed by atoms with Crippen molar-refractivity contribution in [2.75, 3.05) is 6.54 Å². The first-order chi connectivity index (χ1) is 12.6. The van der Waals surface area contributed by atoms with Crippen molar-refractivity contribution < 1.29 is 9.59 Å². The van der Waals surface area contributed by atoms with Gasteiger partial charge < -0.3 is 9.88 Å². The first-order valence-corrected chi connectivity index (χ1v) is 8.71. The van der Waals surface area contributed by atoms with Gasteiger partial charge >= 0.3 is 0 Å². The molecule has 0 fully saturated rings. The number of benzene rings is 2. The topological polar surface area (TPSA) is 51.1 Å². The van der Waals surface area contributed by atoms with Crippen LogP contribution < -0.4 is 5.32 Å². The third-order valence-electron chi connectivity index (χ3n) is 4.39. The van der Waals surface area contributed by atoms with E-state index < -0.39 is 0 Å². The molecular formula is C22H22N2O2. The van der Waals surface area contributed by atoms with Gasteiger partial charge in [0.05, 0.1) is 5.69 Å². The van der Waals surface area contributed by atoms with Gasteiger partial charge in [0.15, 0.2) is 0 Å². The van der Waals surface area contributed by atoms with Gasteiger partial charge in [-0.15, -0.1) is 0 Å². The van der Waals surface area contributed by atoms with Crippen molar-refractivity contribution in [2.24, 2.45) is 0 Å². The SMILES string of the molecule is C[C@@H](CNC(=O)Cn1cccc1C(=O)c1ccccc1)c1ccccc1. The summed E-state index contributed by atoms with van der Waals surface area (Å²) in [6.07, 6.45) is 1.76. The van der Waals surface area contributed by atoms with E-state index in [1.54, 1.807) is 35.0 Å². The Balaban J connectivity index is 1.60. The Labute approximate surface area is 153 Å². The molecule has 1 N–H and O–H groups in total. The Hall–Kier alpha value is -3.14. The molecule has 0 saturated heterocycles. The second-order valence-electron chi connectivity index (χ2n) is 6.33. The number of carbonyl (C=O) groups excluding carboxylic acids is 2. The van der Waals surface area contributed by atoms with E-state index in [-0.39, 0.29) is 24.2 Å². The molecule has 1 heterocycles. The van der Waals surface area contributed by atoms with Gasteiger partial charge in [0.1, 0.15) is 6.54 Å². The standard InChI is InChI=1S/C22H22N2O2/c1-17(18-9-4-2-5-10-18)15-23-21(25)16-24-14-8-13-20(24)22(26)19-11-6-3-7-12-19/h2-14,17H,15-16H2,1H3,(H,23,25)/t17-/m0/s1. The molecule has 0 unspecified atom stereocenters. The molecule has 26 heavy (non-hydrogen) atoms. The van der Waals surface area contributed by atoms with E-state index in [0.29, 0.717) is 17.8 Å². The largest absolute Gasteiger partial charge is 0.354 e. The predicted molar refractivity (Wildman–Crippen MR) is 102 cm³/mol. The lowest BCUT2D eigenvalue weighted by Crippen LogP contribution is -2.31. The van der Waals surface area contributed by atoms with Crippen LogP contribution in [0.1, 0.15) is 34.5 Å². The summed E-state index contributed by atoms with van der Waals surface area (Å²) in [6.45, 7) is 2.77. The zero-order valence-corrected chi connectivity index (χ0v) is 14.8. The van der Waals surface area contributed by atoms with Gasteiger partial charge in [-0.2, -0.15) is 0 Å². The van der Waals surface area contributed by atoms with Crippen LogP contribution in [0.5, 0.6) is 0 Å². The summed E-state index contributed by atoms with van der Waals surface area (Å²) >= 11 is 0. The maximum absolute atomic E-state index is 12.6. The number of aromatic nitrogens is 1. The fourth-order valence-corrected chi connectivity index (χ4v) is 2.87. The summed E-state index contributed by atoms with van der Waals surface area (Å²) in [6, 6.07) is 22.7. The number of nitrogens with zero attached hydrogens (tertiary/aromatic N) is 1. The Morgan fingerprint density at radius 1 is 0.923 bits per heavy atom. The number of amides is 1. The highest BCUT2D eigenvalue weighted by Crippen LogP contribution is 2.13. The second-order valence-corrected chi connectivity index (χ2v) is 6.33. The molecule has 0 radical (unpaired) electrons. The monoisotopic (exact) mass is 346 g/mol. The van der Waals surface area contributed by atoms with Gasteiger partial charge in [-0.25, -0.2) is 0 Å². The van der Waals surface area contributed by atoms with E-state index >= 15 is 0 Å². The Morgan fingerprint density at radius 2 is 1.58 bits per heavy atom. The number of hydrogen-bond donors (Lipinski definition) is 1. The normalized spacial score (nSPS) is 11.7. The number of nitrogens with one attached hydrogen (secondary N) is 1. The van der Waals surface area contributed by atoms with Crippen LogP contribution in [-0.2, 0) is 11.3 Å². The molecule has 3 aromatic rings. The fourth-order valence-electron chi connectivity index (χ4n) is 2.87. The van der Waals surface area contributed by atoms with Crippen molar-refractivity contribution in [3.8, 4) is 0 Å². The van der Waals surface area contributed by atoms with Crippen molar-refractivity contribution in [3.63, 3.8) is 0 Å². The van der Waals surface area contributed by atoms with E-state index in [9.17, 15) is 9.59 Å². The minimum absolute atomic E-state index is 0.0824. The number of hydrogen-bond acceptors (Lipinski definition) is 2. The highest BCUT2D eigenvalue weighted by atomic mass is 16.2. The lowest BCUT2D eigenvalue weighted by atomic mass is 10.0. The van der Waals surface area contributed by atoms with Crippen molar-refractivity contribution in [2.45, 2.75) is 19.4 Å². The van der Waals surface area contributed by atoms with Crippen LogP contribution in [0.3, 0.4) is 0 Å². The van der Waals surface area contributed by atoms with Gasteiger partial charge in [0.25, 0.3) is 0 Å². The maximum atomic E-state index is 12.6. The summed E-state index contributed by atoms with van der Waals surface area (Å²) in [5, 5.41) is 2.95. The number of carbonyl (C=O) groups is 2. The maximum Gasteiger partial charge on any atom is 0.239 e. The summed E-state index contributed by atoms with van der Waals surface area (Å²) in [4.78, 5) is 24.9. The van der Waals surface area contributed by atoms with E-state index in [1.807, 2.05) is 36.4 Å². The second kappa shape index (κ2) is 8.30. The molecule has 0 spiro atoms. The van der Waals surface area contributed by atoms with E-state index in [0.717, 1.165) is 0 Å². The van der Waals surface area contributed by atoms with Gasteiger partial charge in [-0.3, -0.25) is 9.59 Å². The van der Waals surface area contributed by atoms with Crippen molar-refractivity contribution >= 4 is 11.7 Å². The molecule has 132 valence electrons. The van der Waals surface area contributed by atoms with Crippen LogP contribution >= 0.6 is 0 Å². The first-order valence-electron chi connectivity index (χ1n) is 8.71. The summed E-state index contributed by atoms with van der Waals surface area (Å²) in [5.74, 6) is 0.0439. The average Bonchev–Trinajstić information content (AvgIpc) is 3.15. The third-order valence-corrected chi connectivity index (χ3v) is 4.39. The van der Waals surface area contributed by atoms with Crippen molar-refractivity contribution in [1.29, 1.82) is 0 Å². The van der Waals surface area contributed by atoms with Crippen LogP contribution in [0.2, 0.25) is 0 Å². The summed E-state index contributed by atoms with van der Waals surface area (Å²) in [5.41, 5.74) is 2.32. The van der Waals surface area contributed by atoms with Crippen molar-refractivity contribution in [3.05, 3.63) is 95.8 Å². The quantitative estimate of drug-likeness (QED) is 0.664. The highest BCUT2D eigenvalue weighted by molar-refractivity contribution is 6.08. The van der Waals surface area contributed by atoms with Crippen LogP contribution in [0.4, 0.5) is 0 Å². The van der Waals surface area contributed by atoms with E-state index in [2.05, 4.69) is 24.4 Å². The Morgan fingerprint density at radius 3 is 2.27 bits per heavy atom.